The molecule has 7 heteroatoms. The van der Waals surface area contributed by atoms with Gasteiger partial charge >= 0.3 is 6.36 Å². The van der Waals surface area contributed by atoms with Crippen LogP contribution in [0.4, 0.5) is 13.2 Å². The van der Waals surface area contributed by atoms with E-state index >= 15 is 0 Å². The average Bonchev–Trinajstić information content (AvgIpc) is 2.63. The van der Waals surface area contributed by atoms with Crippen molar-refractivity contribution in [3.05, 3.63) is 12.2 Å². The fourth-order valence-corrected chi connectivity index (χ4v) is 3.20. The number of alkyl halides is 3. The van der Waals surface area contributed by atoms with E-state index < -0.39 is 18.4 Å². The van der Waals surface area contributed by atoms with Gasteiger partial charge in [0, 0.05) is 12.1 Å². The summed E-state index contributed by atoms with van der Waals surface area (Å²) in [5.74, 6) is -1.22. The van der Waals surface area contributed by atoms with Gasteiger partial charge in [-0.2, -0.15) is 0 Å². The highest BCUT2D eigenvalue weighted by molar-refractivity contribution is 5.86. The number of halogens is 3. The number of nitrogens with zero attached hydrogens (tertiary/aromatic N) is 2. The maximum absolute atomic E-state index is 12.4. The number of hydrogen-bond acceptors (Lipinski definition) is 3. The lowest BCUT2D eigenvalue weighted by Gasteiger charge is -2.30. The first-order valence-corrected chi connectivity index (χ1v) is 6.17. The van der Waals surface area contributed by atoms with Gasteiger partial charge in [0.2, 0.25) is 5.91 Å². The molecule has 19 heavy (non-hydrogen) atoms. The Morgan fingerprint density at radius 1 is 1.42 bits per heavy atom. The zero-order valence-electron chi connectivity index (χ0n) is 10.0. The van der Waals surface area contributed by atoms with Gasteiger partial charge in [0.05, 0.1) is 31.2 Å². The Hall–Kier alpha value is -1.37. The van der Waals surface area contributed by atoms with Crippen molar-refractivity contribution in [1.82, 2.24) is 4.90 Å². The van der Waals surface area contributed by atoms with E-state index in [2.05, 4.69) is 9.73 Å². The lowest BCUT2D eigenvalue weighted by molar-refractivity contribution is -0.347. The third kappa shape index (κ3) is 2.16. The van der Waals surface area contributed by atoms with Crippen LogP contribution in [0.25, 0.3) is 0 Å². The van der Waals surface area contributed by atoms with Crippen LogP contribution in [-0.2, 0) is 9.53 Å². The van der Waals surface area contributed by atoms with Crippen LogP contribution in [0.3, 0.4) is 0 Å². The summed E-state index contributed by atoms with van der Waals surface area (Å²) in [6.45, 7) is 0.832. The predicted octanol–water partition coefficient (Wildman–Crippen LogP) is 1.38. The molecule has 4 atom stereocenters. The molecule has 3 rings (SSSR count). The van der Waals surface area contributed by atoms with Crippen molar-refractivity contribution in [2.75, 3.05) is 13.1 Å². The van der Waals surface area contributed by atoms with Crippen LogP contribution in [0.2, 0.25) is 0 Å². The highest BCUT2D eigenvalue weighted by Gasteiger charge is 2.53. The Balaban J connectivity index is 1.86. The lowest BCUT2D eigenvalue weighted by Crippen LogP contribution is -2.41. The summed E-state index contributed by atoms with van der Waals surface area (Å²) in [6.07, 6.45) is -0.562. The molecule has 4 unspecified atom stereocenters. The largest absolute Gasteiger partial charge is 0.522 e. The summed E-state index contributed by atoms with van der Waals surface area (Å²) in [5.41, 5.74) is 0. The minimum Gasteiger partial charge on any atom is -0.332 e. The van der Waals surface area contributed by atoms with Crippen LogP contribution in [0.15, 0.2) is 17.1 Å². The zero-order chi connectivity index (χ0) is 13.6. The number of fused-ring (bicyclic) bond motifs is 3. The number of carbonyl (C=O) groups excluding carboxylic acids is 1. The molecule has 3 aliphatic rings. The second-order valence-corrected chi connectivity index (χ2v) is 4.97. The number of aliphatic imine (C=N–C) groups is 1. The van der Waals surface area contributed by atoms with Crippen molar-refractivity contribution in [3.8, 4) is 0 Å². The van der Waals surface area contributed by atoms with Crippen LogP contribution in [0, 0.1) is 11.8 Å². The molecule has 0 N–H and O–H groups in total. The first-order valence-electron chi connectivity index (χ1n) is 6.17. The zero-order valence-corrected chi connectivity index (χ0v) is 10.0. The second-order valence-electron chi connectivity index (χ2n) is 4.97. The van der Waals surface area contributed by atoms with Crippen LogP contribution in [-0.4, -0.2) is 48.6 Å². The monoisotopic (exact) mass is 274 g/mol. The van der Waals surface area contributed by atoms with E-state index in [-0.39, 0.29) is 24.3 Å². The molecule has 0 aromatic heterocycles. The van der Waals surface area contributed by atoms with Gasteiger partial charge in [0.1, 0.15) is 0 Å². The van der Waals surface area contributed by atoms with Crippen molar-refractivity contribution in [2.24, 2.45) is 16.8 Å². The van der Waals surface area contributed by atoms with Gasteiger partial charge in [-0.3, -0.25) is 14.5 Å². The SMILES string of the molecule is O=C1C2C(OC(F)(F)F)CC=CC2C2CN=CCN12. The lowest BCUT2D eigenvalue weighted by atomic mass is 9.80. The molecule has 1 fully saturated rings. The molecule has 1 amide bonds. The molecular formula is C12H13F3N2O2. The normalized spacial score (nSPS) is 37.4. The maximum atomic E-state index is 12.4. The highest BCUT2D eigenvalue weighted by atomic mass is 19.4. The molecular weight excluding hydrogens is 261 g/mol. The Bertz CT molecular complexity index is 447. The van der Waals surface area contributed by atoms with E-state index in [9.17, 15) is 18.0 Å². The molecule has 0 spiro atoms. The molecule has 2 aliphatic heterocycles. The Labute approximate surface area is 107 Å². The summed E-state index contributed by atoms with van der Waals surface area (Å²) < 4.78 is 41.3. The molecule has 4 nitrogen and oxygen atoms in total. The van der Waals surface area contributed by atoms with Gasteiger partial charge in [-0.05, 0) is 6.42 Å². The number of carbonyl (C=O) groups is 1. The molecule has 1 saturated heterocycles. The molecule has 0 saturated carbocycles. The predicted molar refractivity (Wildman–Crippen MR) is 60.5 cm³/mol. The number of rotatable bonds is 1. The quantitative estimate of drug-likeness (QED) is 0.678. The third-order valence-corrected chi connectivity index (χ3v) is 3.94. The molecule has 0 radical (unpaired) electrons. The summed E-state index contributed by atoms with van der Waals surface area (Å²) in [6, 6.07) is -0.126. The standard InChI is InChI=1S/C12H13F3N2O2/c13-12(14,15)19-9-3-1-2-7-8-6-16-4-5-17(8)11(18)10(7)9/h1-2,4,7-10H,3,5-6H2. The molecule has 0 bridgehead atoms. The molecule has 104 valence electrons. The maximum Gasteiger partial charge on any atom is 0.522 e. The average molecular weight is 274 g/mol. The number of amides is 1. The topological polar surface area (TPSA) is 41.9 Å². The van der Waals surface area contributed by atoms with Crippen molar-refractivity contribution >= 4 is 12.1 Å². The fourth-order valence-electron chi connectivity index (χ4n) is 3.20. The summed E-state index contributed by atoms with van der Waals surface area (Å²) in [5, 5.41) is 0. The minimum atomic E-state index is -4.71. The van der Waals surface area contributed by atoms with E-state index in [1.807, 2.05) is 6.08 Å². The minimum absolute atomic E-state index is 0.119. The smallest absolute Gasteiger partial charge is 0.332 e. The van der Waals surface area contributed by atoms with Gasteiger partial charge in [0.15, 0.2) is 0 Å². The van der Waals surface area contributed by atoms with Gasteiger partial charge in [-0.1, -0.05) is 12.2 Å². The molecule has 2 heterocycles. The second kappa shape index (κ2) is 4.33. The van der Waals surface area contributed by atoms with E-state index in [1.54, 1.807) is 17.2 Å². The van der Waals surface area contributed by atoms with Crippen LogP contribution in [0.5, 0.6) is 0 Å². The highest BCUT2D eigenvalue weighted by Crippen LogP contribution is 2.41. The van der Waals surface area contributed by atoms with Gasteiger partial charge in [-0.25, -0.2) is 0 Å². The number of ether oxygens (including phenoxy) is 1. The Morgan fingerprint density at radius 3 is 2.95 bits per heavy atom. The number of hydrogen-bond donors (Lipinski definition) is 0. The van der Waals surface area contributed by atoms with E-state index in [4.69, 9.17) is 0 Å². The fraction of sp³-hybridized carbons (Fsp3) is 0.667. The van der Waals surface area contributed by atoms with Crippen molar-refractivity contribution in [1.29, 1.82) is 0 Å². The molecule has 0 aromatic rings. The third-order valence-electron chi connectivity index (χ3n) is 3.94. The summed E-state index contributed by atoms with van der Waals surface area (Å²) in [7, 11) is 0. The van der Waals surface area contributed by atoms with Gasteiger partial charge in [0.25, 0.3) is 0 Å². The van der Waals surface area contributed by atoms with E-state index in [1.165, 1.54) is 0 Å². The van der Waals surface area contributed by atoms with E-state index in [0.29, 0.717) is 13.1 Å². The van der Waals surface area contributed by atoms with Crippen molar-refractivity contribution in [3.63, 3.8) is 0 Å². The van der Waals surface area contributed by atoms with Crippen molar-refractivity contribution in [2.45, 2.75) is 24.9 Å². The van der Waals surface area contributed by atoms with Gasteiger partial charge in [-0.15, -0.1) is 13.2 Å². The van der Waals surface area contributed by atoms with E-state index in [0.717, 1.165) is 0 Å². The van der Waals surface area contributed by atoms with Crippen LogP contribution >= 0.6 is 0 Å². The molecule has 1 aliphatic carbocycles. The summed E-state index contributed by atoms with van der Waals surface area (Å²) in [4.78, 5) is 18.0. The molecule has 0 aromatic carbocycles. The first-order chi connectivity index (χ1) is 8.97. The summed E-state index contributed by atoms with van der Waals surface area (Å²) >= 11 is 0. The van der Waals surface area contributed by atoms with Crippen LogP contribution < -0.4 is 0 Å². The Morgan fingerprint density at radius 2 is 2.21 bits per heavy atom. The Kier molecular flexibility index (Phi) is 2.88. The van der Waals surface area contributed by atoms with Crippen molar-refractivity contribution < 1.29 is 22.7 Å². The van der Waals surface area contributed by atoms with Crippen LogP contribution in [0.1, 0.15) is 6.42 Å². The first kappa shape index (κ1) is 12.7. The van der Waals surface area contributed by atoms with Gasteiger partial charge < -0.3 is 4.90 Å².